The summed E-state index contributed by atoms with van der Waals surface area (Å²) in [4.78, 5) is 4.95. The van der Waals surface area contributed by atoms with Crippen molar-refractivity contribution in [2.45, 2.75) is 11.8 Å². The molecular weight excluding hydrogens is 388 g/mol. The highest BCUT2D eigenvalue weighted by molar-refractivity contribution is 7.92. The Kier molecular flexibility index (Phi) is 4.98. The number of benzene rings is 3. The summed E-state index contributed by atoms with van der Waals surface area (Å²) < 4.78 is 28.0. The first-order valence-electron chi connectivity index (χ1n) is 8.72. The van der Waals surface area contributed by atoms with Crippen LogP contribution in [0.5, 0.6) is 0 Å². The van der Waals surface area contributed by atoms with Gasteiger partial charge >= 0.3 is 0 Å². The van der Waals surface area contributed by atoms with Gasteiger partial charge in [-0.15, -0.1) is 11.3 Å². The Labute approximate surface area is 168 Å². The van der Waals surface area contributed by atoms with Crippen molar-refractivity contribution in [2.24, 2.45) is 0 Å². The van der Waals surface area contributed by atoms with E-state index in [-0.39, 0.29) is 4.90 Å². The molecule has 1 N–H and O–H groups in total. The summed E-state index contributed by atoms with van der Waals surface area (Å²) in [6, 6.07) is 24.1. The first-order chi connectivity index (χ1) is 13.5. The third-order valence-electron chi connectivity index (χ3n) is 4.24. The molecule has 140 valence electrons. The van der Waals surface area contributed by atoms with Crippen molar-refractivity contribution in [2.75, 3.05) is 4.72 Å². The molecular formula is C22H18N2O2S2. The van der Waals surface area contributed by atoms with Crippen molar-refractivity contribution < 1.29 is 8.42 Å². The van der Waals surface area contributed by atoms with Gasteiger partial charge in [0.05, 0.1) is 10.6 Å². The molecule has 3 aromatic carbocycles. The highest BCUT2D eigenvalue weighted by Crippen LogP contribution is 2.30. The fraction of sp³-hybridized carbons (Fsp3) is 0.0455. The zero-order chi connectivity index (χ0) is 19.6. The minimum atomic E-state index is -3.64. The van der Waals surface area contributed by atoms with Crippen LogP contribution in [0.1, 0.15) is 5.56 Å². The summed E-state index contributed by atoms with van der Waals surface area (Å²) >= 11 is 1.57. The number of thiazole rings is 1. The summed E-state index contributed by atoms with van der Waals surface area (Å²) in [6.07, 6.45) is 0. The van der Waals surface area contributed by atoms with Gasteiger partial charge in [-0.3, -0.25) is 4.72 Å². The minimum absolute atomic E-state index is 0.248. The molecule has 4 nitrogen and oxygen atoms in total. The van der Waals surface area contributed by atoms with E-state index in [4.69, 9.17) is 4.98 Å². The quantitative estimate of drug-likeness (QED) is 0.470. The van der Waals surface area contributed by atoms with E-state index in [9.17, 15) is 8.42 Å². The van der Waals surface area contributed by atoms with E-state index in [0.29, 0.717) is 5.69 Å². The van der Waals surface area contributed by atoms with E-state index < -0.39 is 10.0 Å². The van der Waals surface area contributed by atoms with Gasteiger partial charge in [-0.2, -0.15) is 0 Å². The molecule has 0 atom stereocenters. The summed E-state index contributed by atoms with van der Waals surface area (Å²) in [7, 11) is -3.64. The van der Waals surface area contributed by atoms with Crippen LogP contribution in [0.15, 0.2) is 89.1 Å². The molecule has 0 radical (unpaired) electrons. The number of hydrogen-bond acceptors (Lipinski definition) is 4. The van der Waals surface area contributed by atoms with Crippen LogP contribution in [0.4, 0.5) is 5.69 Å². The van der Waals surface area contributed by atoms with Crippen molar-refractivity contribution in [3.8, 4) is 21.8 Å². The second-order valence-corrected chi connectivity index (χ2v) is 8.95. The molecule has 0 amide bonds. The molecule has 0 aliphatic rings. The van der Waals surface area contributed by atoms with Crippen molar-refractivity contribution in [3.63, 3.8) is 0 Å². The standard InChI is InChI=1S/C22H18N2O2S2/c1-16-7-5-12-20(13-16)28(25,26)24-19-11-6-10-18(14-19)21-15-27-22(23-21)17-8-3-2-4-9-17/h2-15,24H,1H3. The van der Waals surface area contributed by atoms with Gasteiger partial charge in [-0.05, 0) is 36.8 Å². The van der Waals surface area contributed by atoms with Gasteiger partial charge in [0.1, 0.15) is 5.01 Å². The van der Waals surface area contributed by atoms with Crippen LogP contribution in [0.25, 0.3) is 21.8 Å². The lowest BCUT2D eigenvalue weighted by atomic mass is 10.1. The Morgan fingerprint density at radius 3 is 2.39 bits per heavy atom. The molecule has 4 aromatic rings. The van der Waals surface area contributed by atoms with Gasteiger partial charge < -0.3 is 0 Å². The zero-order valence-electron chi connectivity index (χ0n) is 15.2. The zero-order valence-corrected chi connectivity index (χ0v) is 16.8. The first kappa shape index (κ1) is 18.4. The molecule has 4 rings (SSSR count). The molecule has 0 bridgehead atoms. The number of sulfonamides is 1. The van der Waals surface area contributed by atoms with Gasteiger partial charge in [0.25, 0.3) is 10.0 Å². The lowest BCUT2D eigenvalue weighted by Gasteiger charge is -2.09. The molecule has 0 saturated heterocycles. The Bertz CT molecular complexity index is 1220. The Morgan fingerprint density at radius 2 is 1.61 bits per heavy atom. The Hall–Kier alpha value is -2.96. The SMILES string of the molecule is Cc1cccc(S(=O)(=O)Nc2cccc(-c3csc(-c4ccccc4)n3)c2)c1. The highest BCUT2D eigenvalue weighted by atomic mass is 32.2. The monoisotopic (exact) mass is 406 g/mol. The van der Waals surface area contributed by atoms with Crippen LogP contribution < -0.4 is 4.72 Å². The molecule has 0 unspecified atom stereocenters. The third-order valence-corrected chi connectivity index (χ3v) is 6.51. The summed E-state index contributed by atoms with van der Waals surface area (Å²) in [5.41, 5.74) is 4.15. The van der Waals surface area contributed by atoms with E-state index in [0.717, 1.165) is 27.4 Å². The van der Waals surface area contributed by atoms with Gasteiger partial charge in [0.15, 0.2) is 0 Å². The van der Waals surface area contributed by atoms with Crippen LogP contribution in [0.3, 0.4) is 0 Å². The van der Waals surface area contributed by atoms with Gasteiger partial charge in [0, 0.05) is 22.2 Å². The van der Waals surface area contributed by atoms with Crippen molar-refractivity contribution in [3.05, 3.63) is 89.8 Å². The number of anilines is 1. The minimum Gasteiger partial charge on any atom is -0.280 e. The van der Waals surface area contributed by atoms with Gasteiger partial charge in [0.2, 0.25) is 0 Å². The third kappa shape index (κ3) is 3.98. The van der Waals surface area contributed by atoms with Crippen LogP contribution in [-0.2, 0) is 10.0 Å². The van der Waals surface area contributed by atoms with E-state index in [1.54, 1.807) is 41.7 Å². The normalized spacial score (nSPS) is 11.3. The van der Waals surface area contributed by atoms with Crippen molar-refractivity contribution in [1.29, 1.82) is 0 Å². The summed E-state index contributed by atoms with van der Waals surface area (Å²) in [6.45, 7) is 1.87. The number of aromatic nitrogens is 1. The average Bonchev–Trinajstić information content (AvgIpc) is 3.19. The van der Waals surface area contributed by atoms with Crippen LogP contribution >= 0.6 is 11.3 Å². The number of rotatable bonds is 5. The molecule has 0 aliphatic carbocycles. The summed E-state index contributed by atoms with van der Waals surface area (Å²) in [5.74, 6) is 0. The fourth-order valence-corrected chi connectivity index (χ4v) is 4.85. The number of hydrogen-bond donors (Lipinski definition) is 1. The maximum atomic E-state index is 12.7. The number of nitrogens with one attached hydrogen (secondary N) is 1. The molecule has 6 heteroatoms. The predicted molar refractivity (Wildman–Crippen MR) is 115 cm³/mol. The molecule has 28 heavy (non-hydrogen) atoms. The van der Waals surface area contributed by atoms with E-state index in [1.807, 2.05) is 60.8 Å². The van der Waals surface area contributed by atoms with Crippen LogP contribution in [0.2, 0.25) is 0 Å². The lowest BCUT2D eigenvalue weighted by Crippen LogP contribution is -2.13. The van der Waals surface area contributed by atoms with Gasteiger partial charge in [-0.1, -0.05) is 54.6 Å². The van der Waals surface area contributed by atoms with Crippen LogP contribution in [0, 0.1) is 6.92 Å². The molecule has 0 saturated carbocycles. The molecule has 0 fully saturated rings. The number of nitrogens with zero attached hydrogens (tertiary/aromatic N) is 1. The maximum absolute atomic E-state index is 12.7. The second kappa shape index (κ2) is 7.58. The van der Waals surface area contributed by atoms with Crippen LogP contribution in [-0.4, -0.2) is 13.4 Å². The van der Waals surface area contributed by atoms with E-state index in [2.05, 4.69) is 4.72 Å². The molecule has 0 aliphatic heterocycles. The summed E-state index contributed by atoms with van der Waals surface area (Å²) in [5, 5.41) is 2.91. The number of aryl methyl sites for hydroxylation is 1. The lowest BCUT2D eigenvalue weighted by molar-refractivity contribution is 0.601. The molecule has 0 spiro atoms. The predicted octanol–water partition coefficient (Wildman–Crippen LogP) is 5.59. The first-order valence-corrected chi connectivity index (χ1v) is 11.1. The smallest absolute Gasteiger partial charge is 0.261 e. The molecule has 1 heterocycles. The van der Waals surface area contributed by atoms with E-state index >= 15 is 0 Å². The average molecular weight is 407 g/mol. The Balaban J connectivity index is 1.61. The maximum Gasteiger partial charge on any atom is 0.261 e. The largest absolute Gasteiger partial charge is 0.280 e. The topological polar surface area (TPSA) is 59.1 Å². The van der Waals surface area contributed by atoms with E-state index in [1.165, 1.54) is 0 Å². The highest BCUT2D eigenvalue weighted by Gasteiger charge is 2.15. The van der Waals surface area contributed by atoms with Gasteiger partial charge in [-0.25, -0.2) is 13.4 Å². The Morgan fingerprint density at radius 1 is 0.857 bits per heavy atom. The fourth-order valence-electron chi connectivity index (χ4n) is 2.86. The van der Waals surface area contributed by atoms with Crippen molar-refractivity contribution >= 4 is 27.0 Å². The molecule has 1 aromatic heterocycles. The van der Waals surface area contributed by atoms with Crippen molar-refractivity contribution in [1.82, 2.24) is 4.98 Å². The second-order valence-electron chi connectivity index (χ2n) is 6.41.